The SMILES string of the molecule is Cc1ccnc(C=C(c2ccccc2)c2ccc(OCOC3CCCC3)cc2)c1. The van der Waals surface area contributed by atoms with Gasteiger partial charge >= 0.3 is 0 Å². The molecule has 0 amide bonds. The van der Waals surface area contributed by atoms with Crippen molar-refractivity contribution in [1.29, 1.82) is 0 Å². The van der Waals surface area contributed by atoms with Crippen molar-refractivity contribution in [3.8, 4) is 5.75 Å². The minimum atomic E-state index is 0.318. The highest BCUT2D eigenvalue weighted by molar-refractivity contribution is 5.90. The summed E-state index contributed by atoms with van der Waals surface area (Å²) < 4.78 is 11.6. The summed E-state index contributed by atoms with van der Waals surface area (Å²) in [7, 11) is 0. The largest absolute Gasteiger partial charge is 0.468 e. The van der Waals surface area contributed by atoms with Gasteiger partial charge in [-0.3, -0.25) is 4.98 Å². The zero-order valence-corrected chi connectivity index (χ0v) is 16.9. The molecule has 3 heteroatoms. The summed E-state index contributed by atoms with van der Waals surface area (Å²) in [4.78, 5) is 4.51. The Labute approximate surface area is 173 Å². The van der Waals surface area contributed by atoms with Gasteiger partial charge in [-0.2, -0.15) is 0 Å². The van der Waals surface area contributed by atoms with E-state index in [0.29, 0.717) is 12.9 Å². The molecule has 1 fully saturated rings. The van der Waals surface area contributed by atoms with E-state index in [1.54, 1.807) is 0 Å². The van der Waals surface area contributed by atoms with Crippen LogP contribution in [0.3, 0.4) is 0 Å². The number of rotatable bonds is 7. The van der Waals surface area contributed by atoms with Gasteiger partial charge in [0.15, 0.2) is 6.79 Å². The van der Waals surface area contributed by atoms with E-state index in [1.807, 2.05) is 30.5 Å². The second-order valence-corrected chi connectivity index (χ2v) is 7.54. The summed E-state index contributed by atoms with van der Waals surface area (Å²) >= 11 is 0. The molecule has 1 heterocycles. The molecule has 148 valence electrons. The predicted octanol–water partition coefficient (Wildman–Crippen LogP) is 6.27. The molecule has 0 saturated heterocycles. The molecule has 0 bridgehead atoms. The lowest BCUT2D eigenvalue weighted by atomic mass is 9.96. The molecule has 0 spiro atoms. The first kappa shape index (κ1) is 19.4. The Morgan fingerprint density at radius 1 is 0.966 bits per heavy atom. The molecule has 1 saturated carbocycles. The maximum absolute atomic E-state index is 5.80. The molecule has 0 N–H and O–H groups in total. The van der Waals surface area contributed by atoms with Crippen LogP contribution in [0.4, 0.5) is 0 Å². The standard InChI is InChI=1S/C26H27NO2/c1-20-15-16-27-23(17-20)18-26(21-7-3-2-4-8-21)22-11-13-25(14-12-22)29-19-28-24-9-5-6-10-24/h2-4,7-8,11-18,24H,5-6,9-10,19H2,1H3. The van der Waals surface area contributed by atoms with Gasteiger partial charge in [0.2, 0.25) is 0 Å². The van der Waals surface area contributed by atoms with Crippen molar-refractivity contribution < 1.29 is 9.47 Å². The van der Waals surface area contributed by atoms with Gasteiger partial charge in [0.05, 0.1) is 11.8 Å². The van der Waals surface area contributed by atoms with Gasteiger partial charge in [0, 0.05) is 6.20 Å². The third-order valence-corrected chi connectivity index (χ3v) is 5.31. The maximum atomic E-state index is 5.80. The molecule has 29 heavy (non-hydrogen) atoms. The number of hydrogen-bond acceptors (Lipinski definition) is 3. The number of nitrogens with zero attached hydrogens (tertiary/aromatic N) is 1. The van der Waals surface area contributed by atoms with E-state index in [1.165, 1.54) is 18.4 Å². The minimum Gasteiger partial charge on any atom is -0.468 e. The molecular weight excluding hydrogens is 358 g/mol. The second-order valence-electron chi connectivity index (χ2n) is 7.54. The van der Waals surface area contributed by atoms with Gasteiger partial charge in [-0.15, -0.1) is 0 Å². The van der Waals surface area contributed by atoms with Crippen molar-refractivity contribution in [1.82, 2.24) is 4.98 Å². The second kappa shape index (κ2) is 9.53. The van der Waals surface area contributed by atoms with Crippen LogP contribution in [0.5, 0.6) is 5.75 Å². The fourth-order valence-electron chi connectivity index (χ4n) is 3.72. The molecular formula is C26H27NO2. The Morgan fingerprint density at radius 2 is 1.69 bits per heavy atom. The molecule has 1 aliphatic rings. The molecule has 3 nitrogen and oxygen atoms in total. The van der Waals surface area contributed by atoms with Gasteiger partial charge in [-0.1, -0.05) is 55.3 Å². The van der Waals surface area contributed by atoms with Crippen LogP contribution in [0.25, 0.3) is 11.6 Å². The average molecular weight is 386 g/mol. The van der Waals surface area contributed by atoms with Crippen LogP contribution in [-0.2, 0) is 4.74 Å². The highest BCUT2D eigenvalue weighted by atomic mass is 16.7. The number of hydrogen-bond donors (Lipinski definition) is 0. The fraction of sp³-hybridized carbons (Fsp3) is 0.269. The first-order valence-electron chi connectivity index (χ1n) is 10.3. The quantitative estimate of drug-likeness (QED) is 0.449. The van der Waals surface area contributed by atoms with Crippen LogP contribution in [0.1, 0.15) is 48.1 Å². The van der Waals surface area contributed by atoms with Crippen molar-refractivity contribution in [2.24, 2.45) is 0 Å². The van der Waals surface area contributed by atoms with E-state index >= 15 is 0 Å². The fourth-order valence-corrected chi connectivity index (χ4v) is 3.72. The summed E-state index contributed by atoms with van der Waals surface area (Å²) in [5.41, 5.74) is 5.58. The van der Waals surface area contributed by atoms with E-state index in [2.05, 4.69) is 60.4 Å². The predicted molar refractivity (Wildman–Crippen MR) is 118 cm³/mol. The molecule has 0 aliphatic heterocycles. The highest BCUT2D eigenvalue weighted by Crippen LogP contribution is 2.28. The van der Waals surface area contributed by atoms with E-state index in [0.717, 1.165) is 41.0 Å². The third-order valence-electron chi connectivity index (χ3n) is 5.31. The molecule has 0 radical (unpaired) electrons. The Hall–Kier alpha value is -2.91. The lowest BCUT2D eigenvalue weighted by Gasteiger charge is -2.13. The van der Waals surface area contributed by atoms with Gasteiger partial charge < -0.3 is 9.47 Å². The van der Waals surface area contributed by atoms with Crippen LogP contribution in [0.15, 0.2) is 72.9 Å². The zero-order chi connectivity index (χ0) is 19.9. The smallest absolute Gasteiger partial charge is 0.189 e. The zero-order valence-electron chi connectivity index (χ0n) is 16.9. The third kappa shape index (κ3) is 5.33. The van der Waals surface area contributed by atoms with E-state index in [-0.39, 0.29) is 0 Å². The number of ether oxygens (including phenoxy) is 2. The summed E-state index contributed by atoms with van der Waals surface area (Å²) in [6, 6.07) is 22.7. The van der Waals surface area contributed by atoms with Crippen LogP contribution >= 0.6 is 0 Å². The van der Waals surface area contributed by atoms with Crippen molar-refractivity contribution in [3.05, 3.63) is 95.3 Å². The minimum absolute atomic E-state index is 0.318. The van der Waals surface area contributed by atoms with E-state index in [9.17, 15) is 0 Å². The van der Waals surface area contributed by atoms with Crippen molar-refractivity contribution >= 4 is 11.6 Å². The van der Waals surface area contributed by atoms with E-state index < -0.39 is 0 Å². The average Bonchev–Trinajstić information content (AvgIpc) is 3.27. The first-order chi connectivity index (χ1) is 14.3. The number of pyridine rings is 1. The molecule has 0 atom stereocenters. The molecule has 3 aromatic rings. The summed E-state index contributed by atoms with van der Waals surface area (Å²) in [6.45, 7) is 2.40. The molecule has 1 aliphatic carbocycles. The molecule has 4 rings (SSSR count). The monoisotopic (exact) mass is 385 g/mol. The van der Waals surface area contributed by atoms with Gasteiger partial charge in [-0.05, 0) is 72.4 Å². The van der Waals surface area contributed by atoms with Gasteiger partial charge in [0.1, 0.15) is 5.75 Å². The number of aryl methyl sites for hydroxylation is 1. The normalized spacial score (nSPS) is 14.9. The maximum Gasteiger partial charge on any atom is 0.189 e. The van der Waals surface area contributed by atoms with E-state index in [4.69, 9.17) is 9.47 Å². The lowest BCUT2D eigenvalue weighted by molar-refractivity contribution is -0.0324. The van der Waals surface area contributed by atoms with Crippen LogP contribution in [0, 0.1) is 6.92 Å². The Bertz CT molecular complexity index is 942. The van der Waals surface area contributed by atoms with Crippen LogP contribution in [0.2, 0.25) is 0 Å². The molecule has 2 aromatic carbocycles. The summed E-state index contributed by atoms with van der Waals surface area (Å²) in [5.74, 6) is 0.827. The summed E-state index contributed by atoms with van der Waals surface area (Å²) in [6.07, 6.45) is 9.20. The Kier molecular flexibility index (Phi) is 6.38. The molecule has 0 unspecified atom stereocenters. The Morgan fingerprint density at radius 3 is 2.41 bits per heavy atom. The number of benzene rings is 2. The first-order valence-corrected chi connectivity index (χ1v) is 10.3. The van der Waals surface area contributed by atoms with Gasteiger partial charge in [-0.25, -0.2) is 0 Å². The van der Waals surface area contributed by atoms with Crippen LogP contribution in [-0.4, -0.2) is 17.9 Å². The lowest BCUT2D eigenvalue weighted by Crippen LogP contribution is -2.12. The van der Waals surface area contributed by atoms with Crippen molar-refractivity contribution in [2.45, 2.75) is 38.7 Å². The van der Waals surface area contributed by atoms with Crippen LogP contribution < -0.4 is 4.74 Å². The molecule has 1 aromatic heterocycles. The highest BCUT2D eigenvalue weighted by Gasteiger charge is 2.15. The summed E-state index contributed by atoms with van der Waals surface area (Å²) in [5, 5.41) is 0. The van der Waals surface area contributed by atoms with Gasteiger partial charge in [0.25, 0.3) is 0 Å². The van der Waals surface area contributed by atoms with Crippen molar-refractivity contribution in [2.75, 3.05) is 6.79 Å². The Balaban J connectivity index is 1.53. The topological polar surface area (TPSA) is 31.4 Å². The number of aromatic nitrogens is 1. The van der Waals surface area contributed by atoms with Crippen molar-refractivity contribution in [3.63, 3.8) is 0 Å².